The Balaban J connectivity index is 2.17. The van der Waals surface area contributed by atoms with Gasteiger partial charge >= 0.3 is 6.18 Å². The second-order valence-corrected chi connectivity index (χ2v) is 4.41. The minimum absolute atomic E-state index is 0.137. The van der Waals surface area contributed by atoms with Gasteiger partial charge in [0.15, 0.2) is 0 Å². The lowest BCUT2D eigenvalue weighted by Crippen LogP contribution is -2.50. The van der Waals surface area contributed by atoms with Crippen LogP contribution in [0.25, 0.3) is 0 Å². The van der Waals surface area contributed by atoms with Crippen LogP contribution in [0.3, 0.4) is 0 Å². The molecule has 1 aliphatic heterocycles. The van der Waals surface area contributed by atoms with Crippen molar-refractivity contribution >= 4 is 5.91 Å². The fourth-order valence-electron chi connectivity index (χ4n) is 2.08. The van der Waals surface area contributed by atoms with Gasteiger partial charge < -0.3 is 11.1 Å². The Hall–Kier alpha value is -1.74. The van der Waals surface area contributed by atoms with E-state index in [0.717, 1.165) is 12.4 Å². The minimum Gasteiger partial charge on any atom is -0.354 e. The SMILES string of the molecule is NCC(c1cnc(C(F)(F)F)nc1)N1CCNC(=O)C1. The smallest absolute Gasteiger partial charge is 0.354 e. The number of alkyl halides is 3. The van der Waals surface area contributed by atoms with Crippen LogP contribution in [0, 0.1) is 0 Å². The van der Waals surface area contributed by atoms with Gasteiger partial charge in [-0.15, -0.1) is 0 Å². The lowest BCUT2D eigenvalue weighted by molar-refractivity contribution is -0.145. The van der Waals surface area contributed by atoms with Crippen LogP contribution in [0.5, 0.6) is 0 Å². The van der Waals surface area contributed by atoms with E-state index in [1.54, 1.807) is 4.90 Å². The number of rotatable bonds is 3. The molecule has 0 radical (unpaired) electrons. The molecule has 6 nitrogen and oxygen atoms in total. The monoisotopic (exact) mass is 289 g/mol. The molecule has 0 bridgehead atoms. The van der Waals surface area contributed by atoms with Crippen molar-refractivity contribution in [2.45, 2.75) is 12.2 Å². The molecular weight excluding hydrogens is 275 g/mol. The van der Waals surface area contributed by atoms with E-state index in [4.69, 9.17) is 5.73 Å². The molecule has 1 atom stereocenters. The van der Waals surface area contributed by atoms with Crippen LogP contribution in [-0.4, -0.2) is 47.0 Å². The molecule has 9 heteroatoms. The average Bonchev–Trinajstić information content (AvgIpc) is 2.39. The van der Waals surface area contributed by atoms with Gasteiger partial charge in [0.25, 0.3) is 0 Å². The summed E-state index contributed by atoms with van der Waals surface area (Å²) in [4.78, 5) is 19.8. The fourth-order valence-corrected chi connectivity index (χ4v) is 2.08. The molecule has 1 saturated heterocycles. The van der Waals surface area contributed by atoms with E-state index in [-0.39, 0.29) is 25.0 Å². The van der Waals surface area contributed by atoms with Gasteiger partial charge in [0.05, 0.1) is 12.6 Å². The average molecular weight is 289 g/mol. The van der Waals surface area contributed by atoms with Gasteiger partial charge in [-0.2, -0.15) is 13.2 Å². The number of carbonyl (C=O) groups excluding carboxylic acids is 1. The van der Waals surface area contributed by atoms with E-state index in [1.165, 1.54) is 0 Å². The van der Waals surface area contributed by atoms with E-state index in [9.17, 15) is 18.0 Å². The summed E-state index contributed by atoms with van der Waals surface area (Å²) in [7, 11) is 0. The molecule has 1 unspecified atom stereocenters. The van der Waals surface area contributed by atoms with Gasteiger partial charge in [-0.25, -0.2) is 9.97 Å². The quantitative estimate of drug-likeness (QED) is 0.813. The predicted molar refractivity (Wildman–Crippen MR) is 63.4 cm³/mol. The molecule has 110 valence electrons. The molecule has 1 amide bonds. The highest BCUT2D eigenvalue weighted by Gasteiger charge is 2.35. The molecule has 0 spiro atoms. The molecule has 3 N–H and O–H groups in total. The number of amides is 1. The molecule has 1 aromatic heterocycles. The number of piperazine rings is 1. The van der Waals surface area contributed by atoms with Gasteiger partial charge in [0.1, 0.15) is 0 Å². The van der Waals surface area contributed by atoms with Crippen molar-refractivity contribution in [1.82, 2.24) is 20.2 Å². The Morgan fingerprint density at radius 3 is 2.55 bits per heavy atom. The number of hydrogen-bond donors (Lipinski definition) is 2. The summed E-state index contributed by atoms with van der Waals surface area (Å²) >= 11 is 0. The van der Waals surface area contributed by atoms with E-state index in [1.807, 2.05) is 0 Å². The van der Waals surface area contributed by atoms with Crippen molar-refractivity contribution < 1.29 is 18.0 Å². The Bertz CT molecular complexity index is 476. The lowest BCUT2D eigenvalue weighted by atomic mass is 10.1. The van der Waals surface area contributed by atoms with Gasteiger partial charge in [-0.05, 0) is 0 Å². The first-order valence-electron chi connectivity index (χ1n) is 6.01. The van der Waals surface area contributed by atoms with Crippen molar-refractivity contribution in [2.24, 2.45) is 5.73 Å². The third-order valence-corrected chi connectivity index (χ3v) is 3.04. The van der Waals surface area contributed by atoms with Crippen molar-refractivity contribution in [3.05, 3.63) is 23.8 Å². The fraction of sp³-hybridized carbons (Fsp3) is 0.545. The van der Waals surface area contributed by atoms with Crippen LogP contribution in [0.1, 0.15) is 17.4 Å². The maximum absolute atomic E-state index is 12.4. The van der Waals surface area contributed by atoms with Crippen LogP contribution in [0.2, 0.25) is 0 Å². The maximum Gasteiger partial charge on any atom is 0.451 e. The van der Waals surface area contributed by atoms with Crippen molar-refractivity contribution in [1.29, 1.82) is 0 Å². The van der Waals surface area contributed by atoms with Crippen LogP contribution in [-0.2, 0) is 11.0 Å². The molecule has 0 saturated carbocycles. The van der Waals surface area contributed by atoms with Crippen molar-refractivity contribution in [3.8, 4) is 0 Å². The van der Waals surface area contributed by atoms with E-state index in [0.29, 0.717) is 18.7 Å². The zero-order valence-corrected chi connectivity index (χ0v) is 10.5. The summed E-state index contributed by atoms with van der Waals surface area (Å²) in [6.07, 6.45) is -2.35. The first-order valence-corrected chi connectivity index (χ1v) is 6.01. The molecule has 0 aliphatic carbocycles. The predicted octanol–water partition coefficient (Wildman–Crippen LogP) is -0.0730. The highest BCUT2D eigenvalue weighted by Crippen LogP contribution is 2.26. The topological polar surface area (TPSA) is 84.1 Å². The minimum atomic E-state index is -4.57. The van der Waals surface area contributed by atoms with Gasteiger partial charge in [-0.3, -0.25) is 9.69 Å². The highest BCUT2D eigenvalue weighted by molar-refractivity contribution is 5.78. The molecule has 2 rings (SSSR count). The van der Waals surface area contributed by atoms with Crippen molar-refractivity contribution in [2.75, 3.05) is 26.2 Å². The number of carbonyl (C=O) groups is 1. The second-order valence-electron chi connectivity index (χ2n) is 4.41. The van der Waals surface area contributed by atoms with Gasteiger partial charge in [-0.1, -0.05) is 0 Å². The van der Waals surface area contributed by atoms with Crippen LogP contribution in [0.4, 0.5) is 13.2 Å². The van der Waals surface area contributed by atoms with Crippen LogP contribution >= 0.6 is 0 Å². The lowest BCUT2D eigenvalue weighted by Gasteiger charge is -2.33. The first kappa shape index (κ1) is 14.7. The standard InChI is InChI=1S/C11H14F3N5O/c12-11(13,14)10-17-4-7(5-18-10)8(3-15)19-2-1-16-9(20)6-19/h4-5,8H,1-3,6,15H2,(H,16,20). The molecule has 0 aromatic carbocycles. The summed E-state index contributed by atoms with van der Waals surface area (Å²) in [6.45, 7) is 1.39. The zero-order chi connectivity index (χ0) is 14.8. The third kappa shape index (κ3) is 3.23. The number of nitrogens with one attached hydrogen (secondary N) is 1. The number of nitrogens with two attached hydrogens (primary N) is 1. The Morgan fingerprint density at radius 1 is 1.40 bits per heavy atom. The molecular formula is C11H14F3N5O. The van der Waals surface area contributed by atoms with E-state index in [2.05, 4.69) is 15.3 Å². The molecule has 1 aromatic rings. The number of halogens is 3. The number of nitrogens with zero attached hydrogens (tertiary/aromatic N) is 3. The van der Waals surface area contributed by atoms with Crippen LogP contribution in [0.15, 0.2) is 12.4 Å². The summed E-state index contributed by atoms with van der Waals surface area (Å²) in [5, 5.41) is 2.67. The van der Waals surface area contributed by atoms with E-state index < -0.39 is 12.0 Å². The third-order valence-electron chi connectivity index (χ3n) is 3.04. The molecule has 1 fully saturated rings. The van der Waals surface area contributed by atoms with Gasteiger partial charge in [0.2, 0.25) is 11.7 Å². The summed E-state index contributed by atoms with van der Waals surface area (Å²) in [5.74, 6) is -1.32. The second kappa shape index (κ2) is 5.71. The number of aromatic nitrogens is 2. The highest BCUT2D eigenvalue weighted by atomic mass is 19.4. The molecule has 1 aliphatic rings. The summed E-state index contributed by atoms with van der Waals surface area (Å²) in [6, 6.07) is -0.372. The summed E-state index contributed by atoms with van der Waals surface area (Å²) < 4.78 is 37.2. The van der Waals surface area contributed by atoms with Crippen molar-refractivity contribution in [3.63, 3.8) is 0 Å². The summed E-state index contributed by atoms with van der Waals surface area (Å²) in [5.41, 5.74) is 6.12. The first-order chi connectivity index (χ1) is 9.41. The number of hydrogen-bond acceptors (Lipinski definition) is 5. The maximum atomic E-state index is 12.4. The molecule has 20 heavy (non-hydrogen) atoms. The Kier molecular flexibility index (Phi) is 4.19. The molecule has 2 heterocycles. The normalized spacial score (nSPS) is 18.7. The zero-order valence-electron chi connectivity index (χ0n) is 10.5. The van der Waals surface area contributed by atoms with Gasteiger partial charge in [0, 0.05) is 37.6 Å². The largest absolute Gasteiger partial charge is 0.451 e. The Labute approximate surface area is 113 Å². The van der Waals surface area contributed by atoms with E-state index >= 15 is 0 Å². The van der Waals surface area contributed by atoms with Crippen LogP contribution < -0.4 is 11.1 Å². The Morgan fingerprint density at radius 2 is 2.05 bits per heavy atom.